The predicted octanol–water partition coefficient (Wildman–Crippen LogP) is 3.86. The fourth-order valence-electron chi connectivity index (χ4n) is 6.10. The van der Waals surface area contributed by atoms with Crippen molar-refractivity contribution in [3.8, 4) is 0 Å². The molecule has 0 aliphatic carbocycles. The Balaban J connectivity index is 1.81. The average Bonchev–Trinajstić information content (AvgIpc) is 3.58. The number of nitrogens with one attached hydrogen (secondary N) is 3. The summed E-state index contributed by atoms with van der Waals surface area (Å²) in [5, 5.41) is 5.77. The van der Waals surface area contributed by atoms with Crippen LogP contribution in [0.4, 0.5) is 0 Å². The maximum atomic E-state index is 12.4. The summed E-state index contributed by atoms with van der Waals surface area (Å²) < 4.78 is 65.9. The molecule has 3 aliphatic rings. The number of amides is 2. The van der Waals surface area contributed by atoms with Crippen LogP contribution in [0.15, 0.2) is 56.0 Å². The molecule has 0 aromatic carbocycles. The Kier molecular flexibility index (Phi) is 9.93. The van der Waals surface area contributed by atoms with Gasteiger partial charge in [0.05, 0.1) is 28.8 Å². The van der Waals surface area contributed by atoms with Crippen molar-refractivity contribution >= 4 is 43.8 Å². The molecule has 14 heteroatoms. The second-order valence-corrected chi connectivity index (χ2v) is 14.7. The normalized spacial score (nSPS) is 21.2. The molecular weight excluding hydrogens is 620 g/mol. The van der Waals surface area contributed by atoms with Crippen molar-refractivity contribution in [1.82, 2.24) is 15.6 Å². The van der Waals surface area contributed by atoms with E-state index in [1.54, 1.807) is 26.0 Å². The molecule has 244 valence electrons. The highest BCUT2D eigenvalue weighted by molar-refractivity contribution is 7.86. The van der Waals surface area contributed by atoms with Crippen LogP contribution in [-0.4, -0.2) is 60.0 Å². The SMILES string of the molecule is CCC1=C(C)C(=O)NC1=Cc1[nH]c(CC2=NC(=CC3=C(CC)C(C)C(=O)N3)C(C)=C2CCS(=O)(=O)O)c(CCS(=O)(=O)O)c1C. The molecule has 1 aromatic rings. The number of rotatable bonds is 12. The zero-order chi connectivity index (χ0) is 33.4. The van der Waals surface area contributed by atoms with Crippen LogP contribution in [0, 0.1) is 12.8 Å². The fourth-order valence-corrected chi connectivity index (χ4v) is 7.02. The highest BCUT2D eigenvalue weighted by Gasteiger charge is 2.30. The molecule has 0 saturated carbocycles. The summed E-state index contributed by atoms with van der Waals surface area (Å²) in [7, 11) is -8.57. The number of allylic oxidation sites excluding steroid dienone is 4. The highest BCUT2D eigenvalue weighted by atomic mass is 32.2. The van der Waals surface area contributed by atoms with Gasteiger partial charge in [0.1, 0.15) is 0 Å². The Morgan fingerprint density at radius 1 is 0.867 bits per heavy atom. The van der Waals surface area contributed by atoms with Crippen LogP contribution in [0.5, 0.6) is 0 Å². The van der Waals surface area contributed by atoms with Crippen molar-refractivity contribution in [1.29, 1.82) is 0 Å². The summed E-state index contributed by atoms with van der Waals surface area (Å²) in [6.07, 6.45) is 4.99. The smallest absolute Gasteiger partial charge is 0.265 e. The van der Waals surface area contributed by atoms with Crippen molar-refractivity contribution in [3.63, 3.8) is 0 Å². The molecule has 0 fully saturated rings. The fraction of sp³-hybridized carbons (Fsp3) is 0.452. The number of aromatic amines is 1. The summed E-state index contributed by atoms with van der Waals surface area (Å²) in [5.74, 6) is -1.63. The van der Waals surface area contributed by atoms with Gasteiger partial charge in [-0.15, -0.1) is 0 Å². The van der Waals surface area contributed by atoms with E-state index in [0.717, 1.165) is 16.7 Å². The quantitative estimate of drug-likeness (QED) is 0.209. The Bertz CT molecular complexity index is 1870. The summed E-state index contributed by atoms with van der Waals surface area (Å²) >= 11 is 0. The van der Waals surface area contributed by atoms with E-state index in [1.807, 2.05) is 27.7 Å². The van der Waals surface area contributed by atoms with E-state index in [1.165, 1.54) is 0 Å². The molecule has 5 N–H and O–H groups in total. The molecular formula is C31H40N4O8S2. The van der Waals surface area contributed by atoms with Crippen LogP contribution in [-0.2, 0) is 42.7 Å². The van der Waals surface area contributed by atoms with E-state index in [4.69, 9.17) is 4.99 Å². The van der Waals surface area contributed by atoms with Crippen LogP contribution in [0.25, 0.3) is 6.08 Å². The second-order valence-electron chi connectivity index (χ2n) is 11.5. The van der Waals surface area contributed by atoms with Crippen LogP contribution < -0.4 is 10.6 Å². The minimum Gasteiger partial charge on any atom is -0.358 e. The van der Waals surface area contributed by atoms with Gasteiger partial charge < -0.3 is 15.6 Å². The van der Waals surface area contributed by atoms with Crippen LogP contribution in [0.1, 0.15) is 76.4 Å². The van der Waals surface area contributed by atoms with E-state index in [9.17, 15) is 35.5 Å². The third-order valence-corrected chi connectivity index (χ3v) is 10.1. The first kappa shape index (κ1) is 34.3. The molecule has 12 nitrogen and oxygen atoms in total. The molecule has 1 unspecified atom stereocenters. The summed E-state index contributed by atoms with van der Waals surface area (Å²) in [6, 6.07) is 0. The zero-order valence-corrected chi connectivity index (χ0v) is 27.9. The minimum atomic E-state index is -4.29. The van der Waals surface area contributed by atoms with Crippen molar-refractivity contribution < 1.29 is 35.5 Å². The molecule has 0 radical (unpaired) electrons. The van der Waals surface area contributed by atoms with Crippen molar-refractivity contribution in [2.75, 3.05) is 11.5 Å². The summed E-state index contributed by atoms with van der Waals surface area (Å²) in [4.78, 5) is 32.9. The monoisotopic (exact) mass is 660 g/mol. The van der Waals surface area contributed by atoms with Gasteiger partial charge in [-0.3, -0.25) is 23.7 Å². The summed E-state index contributed by atoms with van der Waals surface area (Å²) in [5.41, 5.74) is 8.69. The first-order chi connectivity index (χ1) is 20.9. The van der Waals surface area contributed by atoms with E-state index in [0.29, 0.717) is 69.3 Å². The Labute approximate surface area is 264 Å². The number of carbonyl (C=O) groups is 2. The number of H-pyrrole nitrogens is 1. The number of hydrogen-bond acceptors (Lipinski definition) is 7. The van der Waals surface area contributed by atoms with Gasteiger partial charge in [-0.1, -0.05) is 13.8 Å². The lowest BCUT2D eigenvalue weighted by Crippen LogP contribution is -2.19. The van der Waals surface area contributed by atoms with E-state index < -0.39 is 31.7 Å². The van der Waals surface area contributed by atoms with Crippen molar-refractivity contribution in [3.05, 3.63) is 73.5 Å². The predicted molar refractivity (Wildman–Crippen MR) is 172 cm³/mol. The Morgan fingerprint density at radius 2 is 1.51 bits per heavy atom. The molecule has 4 heterocycles. The molecule has 0 spiro atoms. The molecule has 45 heavy (non-hydrogen) atoms. The Morgan fingerprint density at radius 3 is 2.11 bits per heavy atom. The molecule has 0 saturated heterocycles. The lowest BCUT2D eigenvalue weighted by Gasteiger charge is -2.09. The van der Waals surface area contributed by atoms with Crippen molar-refractivity contribution in [2.45, 2.75) is 73.6 Å². The molecule has 3 aliphatic heterocycles. The van der Waals surface area contributed by atoms with E-state index in [-0.39, 0.29) is 37.0 Å². The van der Waals surface area contributed by atoms with Crippen LogP contribution in [0.3, 0.4) is 0 Å². The largest absolute Gasteiger partial charge is 0.358 e. The standard InChI is InChI=1S/C31H40N4O8S2/c1-7-20-18(5)30(36)34-26(20)13-24-16(3)22(9-11-44(38,39)40)28(32-24)15-29-23(10-12-45(41,42)43)17(4)25(33-29)14-27-21(8-2)19(6)31(37)35-27/h13-14,18,33H,7-12,15H2,1-6H3,(H,34,36)(H,35,37)(H,38,39,40)(H,41,42,43). The van der Waals surface area contributed by atoms with Gasteiger partial charge in [0.25, 0.3) is 26.1 Å². The topological polar surface area (TPSA) is 195 Å². The van der Waals surface area contributed by atoms with E-state index >= 15 is 0 Å². The maximum Gasteiger partial charge on any atom is 0.265 e. The summed E-state index contributed by atoms with van der Waals surface area (Å²) in [6.45, 7) is 11.1. The third kappa shape index (κ3) is 7.63. The number of aromatic nitrogens is 1. The highest BCUT2D eigenvalue weighted by Crippen LogP contribution is 2.34. The van der Waals surface area contributed by atoms with Gasteiger partial charge in [0.2, 0.25) is 5.91 Å². The lowest BCUT2D eigenvalue weighted by atomic mass is 9.97. The van der Waals surface area contributed by atoms with E-state index in [2.05, 4.69) is 15.6 Å². The van der Waals surface area contributed by atoms with Gasteiger partial charge in [-0.05, 0) is 98.9 Å². The van der Waals surface area contributed by atoms with Crippen LogP contribution >= 0.6 is 0 Å². The zero-order valence-electron chi connectivity index (χ0n) is 26.3. The van der Waals surface area contributed by atoms with Gasteiger partial charge in [-0.25, -0.2) is 0 Å². The van der Waals surface area contributed by atoms with Gasteiger partial charge >= 0.3 is 0 Å². The molecule has 2 amide bonds. The molecule has 4 rings (SSSR count). The number of carbonyl (C=O) groups excluding carboxylic acids is 2. The number of hydrogen-bond donors (Lipinski definition) is 5. The van der Waals surface area contributed by atoms with Crippen LogP contribution in [0.2, 0.25) is 0 Å². The van der Waals surface area contributed by atoms with Gasteiger partial charge in [-0.2, -0.15) is 16.8 Å². The first-order valence-corrected chi connectivity index (χ1v) is 18.0. The maximum absolute atomic E-state index is 12.4. The van der Waals surface area contributed by atoms with Gasteiger partial charge in [0.15, 0.2) is 0 Å². The van der Waals surface area contributed by atoms with Gasteiger partial charge in [0, 0.05) is 34.8 Å². The second kappa shape index (κ2) is 13.0. The van der Waals surface area contributed by atoms with Crippen molar-refractivity contribution in [2.24, 2.45) is 10.9 Å². The third-order valence-electron chi connectivity index (χ3n) is 8.70. The first-order valence-electron chi connectivity index (χ1n) is 14.8. The number of aliphatic imine (C=N–C) groups is 1. The molecule has 1 aromatic heterocycles. The molecule has 1 atom stereocenters. The number of nitrogens with zero attached hydrogens (tertiary/aromatic N) is 1. The Hall–Kier alpha value is -3.59. The molecule has 0 bridgehead atoms. The average molecular weight is 661 g/mol. The minimum absolute atomic E-state index is 0.00275. The lowest BCUT2D eigenvalue weighted by molar-refractivity contribution is -0.121.